The summed E-state index contributed by atoms with van der Waals surface area (Å²) in [6.07, 6.45) is 4.82. The smallest absolute Gasteiger partial charge is 0.128 e. The summed E-state index contributed by atoms with van der Waals surface area (Å²) < 4.78 is 5.36. The molecule has 1 N–H and O–H groups in total. The number of thiophene rings is 1. The van der Waals surface area contributed by atoms with Crippen molar-refractivity contribution in [2.45, 2.75) is 35.1 Å². The summed E-state index contributed by atoms with van der Waals surface area (Å²) in [5.74, 6) is 1.66. The first-order chi connectivity index (χ1) is 14.2. The third-order valence-corrected chi connectivity index (χ3v) is 7.59. The normalized spacial score (nSPS) is 16.0. The van der Waals surface area contributed by atoms with E-state index in [9.17, 15) is 5.11 Å². The molecule has 2 heterocycles. The molecule has 4 nitrogen and oxygen atoms in total. The van der Waals surface area contributed by atoms with Gasteiger partial charge in [0.25, 0.3) is 0 Å². The molecule has 0 saturated heterocycles. The van der Waals surface area contributed by atoms with Crippen LogP contribution in [0.5, 0.6) is 11.5 Å². The number of nitrogens with zero attached hydrogens (tertiary/aromatic N) is 2. The van der Waals surface area contributed by atoms with Gasteiger partial charge in [0.1, 0.15) is 27.7 Å². The van der Waals surface area contributed by atoms with Crippen molar-refractivity contribution >= 4 is 33.3 Å². The van der Waals surface area contributed by atoms with E-state index in [-0.39, 0.29) is 0 Å². The highest BCUT2D eigenvalue weighted by atomic mass is 32.2. The van der Waals surface area contributed by atoms with Crippen LogP contribution in [0.25, 0.3) is 10.2 Å². The maximum atomic E-state index is 9.57. The maximum Gasteiger partial charge on any atom is 0.128 e. The Morgan fingerprint density at radius 3 is 2.83 bits per heavy atom. The quantitative estimate of drug-likeness (QED) is 0.421. The Hall–Kier alpha value is -2.57. The van der Waals surface area contributed by atoms with E-state index >= 15 is 0 Å². The van der Waals surface area contributed by atoms with E-state index in [2.05, 4.69) is 16.0 Å². The molecular weight excluding hydrogens is 400 g/mol. The second-order valence-electron chi connectivity index (χ2n) is 7.18. The van der Waals surface area contributed by atoms with Crippen LogP contribution in [0.1, 0.15) is 28.3 Å². The summed E-state index contributed by atoms with van der Waals surface area (Å²) in [5.41, 5.74) is 2.70. The average molecular weight is 421 g/mol. The van der Waals surface area contributed by atoms with Crippen LogP contribution in [0.4, 0.5) is 0 Å². The molecular formula is C23H20N2O2S2. The van der Waals surface area contributed by atoms with Crippen molar-refractivity contribution in [1.29, 1.82) is 0 Å². The zero-order valence-electron chi connectivity index (χ0n) is 16.0. The van der Waals surface area contributed by atoms with Crippen LogP contribution in [0.3, 0.4) is 0 Å². The molecule has 1 aliphatic rings. The van der Waals surface area contributed by atoms with E-state index in [1.165, 1.54) is 21.4 Å². The zero-order chi connectivity index (χ0) is 19.8. The largest absolute Gasteiger partial charge is 0.508 e. The summed E-state index contributed by atoms with van der Waals surface area (Å²) in [4.78, 5) is 12.8. The van der Waals surface area contributed by atoms with Crippen LogP contribution < -0.4 is 4.74 Å². The van der Waals surface area contributed by atoms with Crippen molar-refractivity contribution in [3.05, 3.63) is 70.9 Å². The van der Waals surface area contributed by atoms with Crippen LogP contribution in [0.2, 0.25) is 0 Å². The van der Waals surface area contributed by atoms with Crippen molar-refractivity contribution in [2.24, 2.45) is 0 Å². The lowest BCUT2D eigenvalue weighted by atomic mass is 9.83. The molecule has 6 heteroatoms. The predicted molar refractivity (Wildman–Crippen MR) is 117 cm³/mol. The Morgan fingerprint density at radius 2 is 2.00 bits per heavy atom. The van der Waals surface area contributed by atoms with Gasteiger partial charge in [0.05, 0.1) is 7.11 Å². The molecule has 2 aromatic carbocycles. The third-order valence-electron chi connectivity index (χ3n) is 5.43. The number of phenols is 1. The molecule has 1 atom stereocenters. The lowest BCUT2D eigenvalue weighted by Gasteiger charge is -2.22. The number of rotatable bonds is 4. The van der Waals surface area contributed by atoms with Gasteiger partial charge in [-0.05, 0) is 66.6 Å². The Kier molecular flexibility index (Phi) is 4.89. The van der Waals surface area contributed by atoms with Gasteiger partial charge in [-0.2, -0.15) is 0 Å². The number of phenolic OH excluding ortho intramolecular Hbond substituents is 1. The molecule has 5 rings (SSSR count). The second-order valence-corrected chi connectivity index (χ2v) is 9.32. The summed E-state index contributed by atoms with van der Waals surface area (Å²) in [5, 5.41) is 11.8. The third kappa shape index (κ3) is 3.58. The predicted octanol–water partition coefficient (Wildman–Crippen LogP) is 5.83. The molecule has 0 fully saturated rings. The minimum Gasteiger partial charge on any atom is -0.508 e. The van der Waals surface area contributed by atoms with Gasteiger partial charge in [-0.1, -0.05) is 30.0 Å². The Balaban J connectivity index is 1.49. The molecule has 146 valence electrons. The number of ether oxygens (including phenoxy) is 1. The molecule has 0 aliphatic heterocycles. The fourth-order valence-electron chi connectivity index (χ4n) is 3.97. The highest BCUT2D eigenvalue weighted by Gasteiger charge is 2.26. The Morgan fingerprint density at radius 1 is 1.14 bits per heavy atom. The van der Waals surface area contributed by atoms with Gasteiger partial charge in [0, 0.05) is 15.2 Å². The molecule has 1 unspecified atom stereocenters. The van der Waals surface area contributed by atoms with Gasteiger partial charge in [-0.3, -0.25) is 0 Å². The fourth-order valence-corrected chi connectivity index (χ4v) is 6.26. The van der Waals surface area contributed by atoms with Crippen LogP contribution in [-0.4, -0.2) is 22.2 Å². The van der Waals surface area contributed by atoms with Gasteiger partial charge in [0.2, 0.25) is 0 Å². The highest BCUT2D eigenvalue weighted by molar-refractivity contribution is 7.99. The van der Waals surface area contributed by atoms with E-state index in [1.807, 2.05) is 30.3 Å². The van der Waals surface area contributed by atoms with Crippen molar-refractivity contribution in [3.8, 4) is 11.5 Å². The van der Waals surface area contributed by atoms with Gasteiger partial charge < -0.3 is 9.84 Å². The molecule has 1 aliphatic carbocycles. The molecule has 0 radical (unpaired) electrons. The monoisotopic (exact) mass is 420 g/mol. The number of benzene rings is 2. The molecule has 2 aromatic heterocycles. The maximum absolute atomic E-state index is 9.57. The molecule has 4 aromatic rings. The summed E-state index contributed by atoms with van der Waals surface area (Å²) in [6.45, 7) is 0. The first-order valence-electron chi connectivity index (χ1n) is 9.57. The molecule has 29 heavy (non-hydrogen) atoms. The van der Waals surface area contributed by atoms with Crippen LogP contribution >= 0.6 is 23.1 Å². The number of aromatic hydroxyl groups is 1. The van der Waals surface area contributed by atoms with Crippen molar-refractivity contribution in [3.63, 3.8) is 0 Å². The fraction of sp³-hybridized carbons (Fsp3) is 0.217. The van der Waals surface area contributed by atoms with E-state index in [4.69, 9.17) is 4.74 Å². The van der Waals surface area contributed by atoms with Crippen LogP contribution in [0.15, 0.2) is 64.8 Å². The lowest BCUT2D eigenvalue weighted by molar-refractivity contribution is 0.413. The second kappa shape index (κ2) is 7.69. The summed E-state index contributed by atoms with van der Waals surface area (Å²) in [7, 11) is 1.69. The highest BCUT2D eigenvalue weighted by Crippen LogP contribution is 2.44. The zero-order valence-corrected chi connectivity index (χ0v) is 17.6. The molecule has 0 saturated carbocycles. The van der Waals surface area contributed by atoms with E-state index in [0.717, 1.165) is 39.8 Å². The van der Waals surface area contributed by atoms with Crippen LogP contribution in [0, 0.1) is 0 Å². The first-order valence-corrected chi connectivity index (χ1v) is 11.2. The summed E-state index contributed by atoms with van der Waals surface area (Å²) in [6, 6.07) is 15.7. The minimum absolute atomic E-state index is 0.321. The van der Waals surface area contributed by atoms with E-state index < -0.39 is 0 Å². The van der Waals surface area contributed by atoms with E-state index in [1.54, 1.807) is 48.7 Å². The number of hydrogen-bond acceptors (Lipinski definition) is 6. The molecule has 0 amide bonds. The van der Waals surface area contributed by atoms with Crippen molar-refractivity contribution in [2.75, 3.05) is 7.11 Å². The SMILES string of the molecule is COc1cccc(Sc2ncnc3sc4c(c23)CCC(c2ccc(O)cc2)C4)c1. The average Bonchev–Trinajstić information content (AvgIpc) is 3.13. The first kappa shape index (κ1) is 18.5. The van der Waals surface area contributed by atoms with Gasteiger partial charge >= 0.3 is 0 Å². The number of fused-ring (bicyclic) bond motifs is 3. The van der Waals surface area contributed by atoms with Crippen molar-refractivity contribution < 1.29 is 9.84 Å². The van der Waals surface area contributed by atoms with Crippen LogP contribution in [-0.2, 0) is 12.8 Å². The molecule has 0 spiro atoms. The topological polar surface area (TPSA) is 55.2 Å². The molecule has 0 bridgehead atoms. The standard InChI is InChI=1S/C23H20N2O2S2/c1-27-17-3-2-4-18(12-17)28-22-21-19-10-7-15(14-5-8-16(26)9-6-14)11-20(19)29-23(21)25-13-24-22/h2-6,8-9,12-13,15,26H,7,10-11H2,1H3. The van der Waals surface area contributed by atoms with E-state index in [0.29, 0.717) is 11.7 Å². The number of methoxy groups -OCH3 is 1. The lowest BCUT2D eigenvalue weighted by Crippen LogP contribution is -2.10. The number of hydrogen-bond donors (Lipinski definition) is 1. The van der Waals surface area contributed by atoms with Gasteiger partial charge in [-0.15, -0.1) is 11.3 Å². The minimum atomic E-state index is 0.321. The number of aromatic nitrogens is 2. The van der Waals surface area contributed by atoms with Gasteiger partial charge in [-0.25, -0.2) is 9.97 Å². The van der Waals surface area contributed by atoms with Gasteiger partial charge in [0.15, 0.2) is 0 Å². The van der Waals surface area contributed by atoms with Crippen molar-refractivity contribution in [1.82, 2.24) is 9.97 Å². The number of aryl methyl sites for hydroxylation is 1. The Labute approximate surface area is 177 Å². The summed E-state index contributed by atoms with van der Waals surface area (Å²) >= 11 is 3.47. The Bertz CT molecular complexity index is 1170.